The van der Waals surface area contributed by atoms with E-state index in [2.05, 4.69) is 38.4 Å². The van der Waals surface area contributed by atoms with E-state index in [4.69, 9.17) is 10.2 Å². The third kappa shape index (κ3) is 2.36. The molecule has 1 aromatic heterocycles. The van der Waals surface area contributed by atoms with Gasteiger partial charge in [0, 0.05) is 15.8 Å². The topological polar surface area (TPSA) is 64.1 Å². The van der Waals surface area contributed by atoms with Gasteiger partial charge in [0.05, 0.1) is 0 Å². The number of halogens is 1. The largest absolute Gasteiger partial charge is 0.423 e. The summed E-state index contributed by atoms with van der Waals surface area (Å²) >= 11 is 3.49. The highest BCUT2D eigenvalue weighted by Gasteiger charge is 2.10. The zero-order valence-corrected chi connectivity index (χ0v) is 12.8. The molecule has 3 aromatic rings. The van der Waals surface area contributed by atoms with Crippen LogP contribution in [0.2, 0.25) is 0 Å². The van der Waals surface area contributed by atoms with Gasteiger partial charge in [-0.3, -0.25) is 0 Å². The number of nitrogen functional groups attached to an aromatic ring is 1. The van der Waals surface area contributed by atoms with Gasteiger partial charge in [0.15, 0.2) is 5.58 Å². The van der Waals surface area contributed by atoms with Crippen molar-refractivity contribution >= 4 is 44.4 Å². The average Bonchev–Trinajstić information content (AvgIpc) is 2.75. The highest BCUT2D eigenvalue weighted by molar-refractivity contribution is 9.10. The molecule has 3 N–H and O–H groups in total. The number of rotatable bonds is 2. The predicted octanol–water partition coefficient (Wildman–Crippen LogP) is 4.53. The van der Waals surface area contributed by atoms with Crippen LogP contribution < -0.4 is 11.1 Å². The summed E-state index contributed by atoms with van der Waals surface area (Å²) < 4.78 is 6.74. The lowest BCUT2D eigenvalue weighted by molar-refractivity contribution is 0.623. The van der Waals surface area contributed by atoms with Gasteiger partial charge in [-0.25, -0.2) is 0 Å². The Morgan fingerprint density at radius 3 is 2.55 bits per heavy atom. The van der Waals surface area contributed by atoms with Crippen molar-refractivity contribution in [2.45, 2.75) is 13.8 Å². The van der Waals surface area contributed by atoms with Crippen molar-refractivity contribution in [3.05, 3.63) is 45.9 Å². The second-order valence-corrected chi connectivity index (χ2v) is 5.70. The summed E-state index contributed by atoms with van der Waals surface area (Å²) in [4.78, 5) is 4.40. The minimum Gasteiger partial charge on any atom is -0.423 e. The third-order valence-corrected chi connectivity index (χ3v) is 3.60. The van der Waals surface area contributed by atoms with Crippen LogP contribution in [0.15, 0.2) is 39.2 Å². The first kappa shape index (κ1) is 13.0. The van der Waals surface area contributed by atoms with E-state index >= 15 is 0 Å². The number of anilines is 3. The molecule has 0 radical (unpaired) electrons. The molecule has 4 nitrogen and oxygen atoms in total. The van der Waals surface area contributed by atoms with E-state index in [9.17, 15) is 0 Å². The Labute approximate surface area is 125 Å². The van der Waals surface area contributed by atoms with Crippen LogP contribution >= 0.6 is 15.9 Å². The number of hydrogen-bond donors (Lipinski definition) is 2. The molecule has 0 unspecified atom stereocenters. The number of nitrogens with two attached hydrogens (primary N) is 1. The Balaban J connectivity index is 2.01. The fraction of sp³-hybridized carbons (Fsp3) is 0.133. The first-order valence-corrected chi connectivity index (χ1v) is 7.02. The lowest BCUT2D eigenvalue weighted by atomic mass is 10.1. The van der Waals surface area contributed by atoms with Gasteiger partial charge < -0.3 is 15.5 Å². The third-order valence-electron chi connectivity index (χ3n) is 3.14. The van der Waals surface area contributed by atoms with Crippen LogP contribution in [0, 0.1) is 13.8 Å². The molecule has 0 spiro atoms. The van der Waals surface area contributed by atoms with Crippen LogP contribution in [0.3, 0.4) is 0 Å². The van der Waals surface area contributed by atoms with Crippen LogP contribution in [-0.2, 0) is 0 Å². The van der Waals surface area contributed by atoms with E-state index < -0.39 is 0 Å². The molecule has 2 aromatic carbocycles. The maximum atomic E-state index is 5.74. The molecular weight excluding hydrogens is 318 g/mol. The van der Waals surface area contributed by atoms with Crippen LogP contribution in [0.25, 0.3) is 11.1 Å². The number of aryl methyl sites for hydroxylation is 2. The number of benzene rings is 2. The maximum Gasteiger partial charge on any atom is 0.300 e. The van der Waals surface area contributed by atoms with Crippen LogP contribution in [0.1, 0.15) is 11.1 Å². The number of hydrogen-bond acceptors (Lipinski definition) is 4. The Morgan fingerprint density at radius 1 is 1.15 bits per heavy atom. The van der Waals surface area contributed by atoms with Crippen LogP contribution in [0.5, 0.6) is 0 Å². The van der Waals surface area contributed by atoms with Gasteiger partial charge >= 0.3 is 0 Å². The molecule has 0 saturated carbocycles. The molecule has 0 aliphatic rings. The van der Waals surface area contributed by atoms with Crippen molar-refractivity contribution in [3.63, 3.8) is 0 Å². The molecule has 5 heteroatoms. The van der Waals surface area contributed by atoms with E-state index in [1.807, 2.05) is 19.9 Å². The standard InChI is InChI=1S/C15H14BrN3O/c1-8-5-10(16)6-9(2)14(8)19-15-18-12-7-11(17)3-4-13(12)20-15/h3-7H,17H2,1-2H3,(H,18,19). The number of fused-ring (bicyclic) bond motifs is 1. The van der Waals surface area contributed by atoms with E-state index in [0.29, 0.717) is 17.3 Å². The second-order valence-electron chi connectivity index (χ2n) is 4.79. The molecule has 0 saturated heterocycles. The van der Waals surface area contributed by atoms with Gasteiger partial charge in [-0.15, -0.1) is 0 Å². The van der Waals surface area contributed by atoms with Crippen molar-refractivity contribution in [2.24, 2.45) is 0 Å². The molecule has 3 rings (SSSR count). The minimum absolute atomic E-state index is 0.471. The summed E-state index contributed by atoms with van der Waals surface area (Å²) in [5.74, 6) is 0. The molecule has 0 atom stereocenters. The van der Waals surface area contributed by atoms with Gasteiger partial charge in [-0.1, -0.05) is 15.9 Å². The molecule has 102 valence electrons. The normalized spacial score (nSPS) is 10.9. The maximum absolute atomic E-state index is 5.74. The molecule has 0 fully saturated rings. The average molecular weight is 332 g/mol. The summed E-state index contributed by atoms with van der Waals surface area (Å²) in [5, 5.41) is 3.24. The molecule has 1 heterocycles. The molecule has 0 bridgehead atoms. The summed E-state index contributed by atoms with van der Waals surface area (Å²) in [7, 11) is 0. The number of nitrogens with zero attached hydrogens (tertiary/aromatic N) is 1. The smallest absolute Gasteiger partial charge is 0.300 e. The van der Waals surface area contributed by atoms with Gasteiger partial charge in [0.25, 0.3) is 6.01 Å². The van der Waals surface area contributed by atoms with Crippen molar-refractivity contribution in [1.29, 1.82) is 0 Å². The fourth-order valence-electron chi connectivity index (χ4n) is 2.21. The van der Waals surface area contributed by atoms with E-state index in [0.717, 1.165) is 26.8 Å². The van der Waals surface area contributed by atoms with Gasteiger partial charge in [0.2, 0.25) is 0 Å². The first-order chi connectivity index (χ1) is 9.52. The van der Waals surface area contributed by atoms with Crippen molar-refractivity contribution in [3.8, 4) is 0 Å². The molecule has 0 amide bonds. The number of aromatic nitrogens is 1. The van der Waals surface area contributed by atoms with E-state index in [-0.39, 0.29) is 0 Å². The quantitative estimate of drug-likeness (QED) is 0.677. The Morgan fingerprint density at radius 2 is 1.85 bits per heavy atom. The van der Waals surface area contributed by atoms with Gasteiger partial charge in [-0.05, 0) is 55.3 Å². The Bertz CT molecular complexity index is 772. The Kier molecular flexibility index (Phi) is 3.14. The number of nitrogens with one attached hydrogen (secondary N) is 1. The zero-order valence-electron chi connectivity index (χ0n) is 11.2. The zero-order chi connectivity index (χ0) is 14.3. The predicted molar refractivity (Wildman–Crippen MR) is 85.3 cm³/mol. The molecule has 20 heavy (non-hydrogen) atoms. The SMILES string of the molecule is Cc1cc(Br)cc(C)c1Nc1nc2cc(N)ccc2o1. The number of oxazole rings is 1. The van der Waals surface area contributed by atoms with Gasteiger partial charge in [-0.2, -0.15) is 4.98 Å². The second kappa shape index (κ2) is 4.83. The van der Waals surface area contributed by atoms with Crippen LogP contribution in [0.4, 0.5) is 17.4 Å². The summed E-state index contributed by atoms with van der Waals surface area (Å²) in [6.07, 6.45) is 0. The molecular formula is C15H14BrN3O. The molecule has 0 aliphatic carbocycles. The minimum atomic E-state index is 0.471. The lowest BCUT2D eigenvalue weighted by Gasteiger charge is -2.10. The first-order valence-electron chi connectivity index (χ1n) is 6.23. The fourth-order valence-corrected chi connectivity index (χ4v) is 2.90. The summed E-state index contributed by atoms with van der Waals surface area (Å²) in [6, 6.07) is 9.99. The highest BCUT2D eigenvalue weighted by atomic mass is 79.9. The monoisotopic (exact) mass is 331 g/mol. The lowest BCUT2D eigenvalue weighted by Crippen LogP contribution is -1.96. The van der Waals surface area contributed by atoms with Crippen molar-refractivity contribution in [1.82, 2.24) is 4.98 Å². The van der Waals surface area contributed by atoms with Gasteiger partial charge in [0.1, 0.15) is 5.52 Å². The molecule has 0 aliphatic heterocycles. The van der Waals surface area contributed by atoms with E-state index in [1.165, 1.54) is 0 Å². The highest BCUT2D eigenvalue weighted by Crippen LogP contribution is 2.29. The summed E-state index contributed by atoms with van der Waals surface area (Å²) in [5.41, 5.74) is 11.1. The summed E-state index contributed by atoms with van der Waals surface area (Å²) in [6.45, 7) is 4.08. The van der Waals surface area contributed by atoms with Crippen molar-refractivity contribution in [2.75, 3.05) is 11.1 Å². The van der Waals surface area contributed by atoms with Crippen molar-refractivity contribution < 1.29 is 4.42 Å². The Hall–Kier alpha value is -2.01. The van der Waals surface area contributed by atoms with E-state index in [1.54, 1.807) is 12.1 Å². The van der Waals surface area contributed by atoms with Crippen LogP contribution in [-0.4, -0.2) is 4.98 Å².